The van der Waals surface area contributed by atoms with Gasteiger partial charge in [0.15, 0.2) is 0 Å². The first kappa shape index (κ1) is 20.6. The number of hydrogen-bond acceptors (Lipinski definition) is 5. The first-order valence-corrected chi connectivity index (χ1v) is 9.43. The summed E-state index contributed by atoms with van der Waals surface area (Å²) in [4.78, 5) is 22.2. The molecule has 3 N–H and O–H groups in total. The molecule has 0 aliphatic rings. The van der Waals surface area contributed by atoms with Gasteiger partial charge in [-0.3, -0.25) is 9.59 Å². The molecule has 124 valence electrons. The van der Waals surface area contributed by atoms with Gasteiger partial charge in [0.2, 0.25) is 11.8 Å². The molecule has 0 saturated heterocycles. The van der Waals surface area contributed by atoms with Gasteiger partial charge in [-0.2, -0.15) is 0 Å². The molecule has 0 radical (unpaired) electrons. The Hall–Kier alpha value is -0.400. The monoisotopic (exact) mass is 336 g/mol. The van der Waals surface area contributed by atoms with Crippen LogP contribution in [-0.4, -0.2) is 51.7 Å². The van der Waals surface area contributed by atoms with Gasteiger partial charge in [0, 0.05) is 26.4 Å². The van der Waals surface area contributed by atoms with Crippen molar-refractivity contribution in [1.29, 1.82) is 0 Å². The summed E-state index contributed by atoms with van der Waals surface area (Å²) < 4.78 is 0.289. The molecule has 5 nitrogen and oxygen atoms in total. The summed E-state index contributed by atoms with van der Waals surface area (Å²) in [6.45, 7) is 7.41. The molecular weight excluding hydrogens is 308 g/mol. The molecule has 0 spiro atoms. The Morgan fingerprint density at radius 3 is 2.05 bits per heavy atom. The Kier molecular flexibility index (Phi) is 11.9. The summed E-state index contributed by atoms with van der Waals surface area (Å²) in [5.41, 5.74) is 0. The van der Waals surface area contributed by atoms with E-state index in [0.29, 0.717) is 12.8 Å². The van der Waals surface area contributed by atoms with Crippen LogP contribution in [0.25, 0.3) is 0 Å². The van der Waals surface area contributed by atoms with E-state index in [4.69, 9.17) is 0 Å². The SMILES string of the molecule is CCSC(SCC)[C@H](CC[C@H](O)CNC(C)=O)NC(C)=O. The van der Waals surface area contributed by atoms with E-state index in [9.17, 15) is 14.7 Å². The molecule has 0 heterocycles. The fourth-order valence-corrected chi connectivity index (χ4v) is 4.61. The highest BCUT2D eigenvalue weighted by Gasteiger charge is 2.23. The van der Waals surface area contributed by atoms with Crippen LogP contribution in [0, 0.1) is 0 Å². The molecule has 2 atom stereocenters. The minimum absolute atomic E-state index is 0.0318. The van der Waals surface area contributed by atoms with Gasteiger partial charge in [0.25, 0.3) is 0 Å². The fourth-order valence-electron chi connectivity index (χ4n) is 1.88. The minimum atomic E-state index is -0.580. The third-order valence-electron chi connectivity index (χ3n) is 2.78. The van der Waals surface area contributed by atoms with Gasteiger partial charge in [-0.1, -0.05) is 13.8 Å². The van der Waals surface area contributed by atoms with Crippen LogP contribution in [0.3, 0.4) is 0 Å². The van der Waals surface area contributed by atoms with Crippen molar-refractivity contribution in [2.24, 2.45) is 0 Å². The lowest BCUT2D eigenvalue weighted by Crippen LogP contribution is -2.41. The molecule has 0 aliphatic carbocycles. The van der Waals surface area contributed by atoms with Gasteiger partial charge < -0.3 is 15.7 Å². The lowest BCUT2D eigenvalue weighted by molar-refractivity contribution is -0.120. The first-order chi connectivity index (χ1) is 9.90. The number of aliphatic hydroxyl groups is 1. The Bertz CT molecular complexity index is 311. The maximum absolute atomic E-state index is 11.4. The van der Waals surface area contributed by atoms with Crippen LogP contribution in [0.5, 0.6) is 0 Å². The molecule has 7 heteroatoms. The van der Waals surface area contributed by atoms with Crippen molar-refractivity contribution in [2.45, 2.75) is 57.3 Å². The highest BCUT2D eigenvalue weighted by molar-refractivity contribution is 8.17. The second-order valence-corrected chi connectivity index (χ2v) is 7.89. The smallest absolute Gasteiger partial charge is 0.217 e. The van der Waals surface area contributed by atoms with Gasteiger partial charge >= 0.3 is 0 Å². The average molecular weight is 337 g/mol. The van der Waals surface area contributed by atoms with E-state index >= 15 is 0 Å². The number of rotatable bonds is 11. The van der Waals surface area contributed by atoms with Crippen LogP contribution < -0.4 is 10.6 Å². The standard InChI is InChI=1S/C14H28N2O3S2/c1-5-20-14(21-6-2)13(16-11(4)18)8-7-12(19)9-15-10(3)17/h12-14,19H,5-9H2,1-4H3,(H,15,17)(H,16,18)/t12-,13-/m0/s1. The molecule has 0 aromatic heterocycles. The normalized spacial score (nSPS) is 13.8. The van der Waals surface area contributed by atoms with Gasteiger partial charge in [0.1, 0.15) is 0 Å². The maximum Gasteiger partial charge on any atom is 0.217 e. The number of hydrogen-bond donors (Lipinski definition) is 3. The summed E-state index contributed by atoms with van der Waals surface area (Å²) in [6.07, 6.45) is 0.672. The topological polar surface area (TPSA) is 78.4 Å². The number of nitrogens with one attached hydrogen (secondary N) is 2. The number of amides is 2. The summed E-state index contributed by atoms with van der Waals surface area (Å²) in [7, 11) is 0. The second-order valence-electron chi connectivity index (χ2n) is 4.75. The minimum Gasteiger partial charge on any atom is -0.391 e. The number of thioether (sulfide) groups is 2. The van der Waals surface area contributed by atoms with Gasteiger partial charge in [0.05, 0.1) is 10.7 Å². The van der Waals surface area contributed by atoms with Crippen LogP contribution in [-0.2, 0) is 9.59 Å². The van der Waals surface area contributed by atoms with E-state index < -0.39 is 6.10 Å². The second kappa shape index (κ2) is 12.2. The molecule has 0 fully saturated rings. The van der Waals surface area contributed by atoms with Crippen LogP contribution in [0.1, 0.15) is 40.5 Å². The van der Waals surface area contributed by atoms with Crippen LogP contribution in [0.2, 0.25) is 0 Å². The van der Waals surface area contributed by atoms with E-state index in [1.807, 2.05) is 23.5 Å². The number of carbonyl (C=O) groups is 2. The lowest BCUT2D eigenvalue weighted by Gasteiger charge is -2.27. The number of carbonyl (C=O) groups excluding carboxylic acids is 2. The van der Waals surface area contributed by atoms with E-state index in [1.54, 1.807) is 0 Å². The summed E-state index contributed by atoms with van der Waals surface area (Å²) >= 11 is 3.64. The zero-order valence-corrected chi connectivity index (χ0v) is 15.0. The third kappa shape index (κ3) is 10.9. The van der Waals surface area contributed by atoms with E-state index in [0.717, 1.165) is 11.5 Å². The summed E-state index contributed by atoms with van der Waals surface area (Å²) in [5, 5.41) is 15.5. The van der Waals surface area contributed by atoms with Crippen LogP contribution >= 0.6 is 23.5 Å². The Morgan fingerprint density at radius 2 is 1.62 bits per heavy atom. The van der Waals surface area contributed by atoms with Gasteiger partial charge in [-0.25, -0.2) is 0 Å². The molecular formula is C14H28N2O3S2. The molecule has 0 unspecified atom stereocenters. The zero-order chi connectivity index (χ0) is 16.3. The Balaban J connectivity index is 4.45. The molecule has 0 bridgehead atoms. The average Bonchev–Trinajstić information content (AvgIpc) is 2.40. The first-order valence-electron chi connectivity index (χ1n) is 7.33. The van der Waals surface area contributed by atoms with Crippen molar-refractivity contribution in [1.82, 2.24) is 10.6 Å². The summed E-state index contributed by atoms with van der Waals surface area (Å²) in [5.74, 6) is 1.79. The largest absolute Gasteiger partial charge is 0.391 e. The Labute approximate surface area is 136 Å². The molecule has 0 rings (SSSR count). The van der Waals surface area contributed by atoms with Crippen molar-refractivity contribution in [3.05, 3.63) is 0 Å². The quantitative estimate of drug-likeness (QED) is 0.500. The van der Waals surface area contributed by atoms with E-state index in [2.05, 4.69) is 24.5 Å². The zero-order valence-electron chi connectivity index (χ0n) is 13.3. The van der Waals surface area contributed by atoms with Crippen LogP contribution in [0.4, 0.5) is 0 Å². The molecule has 2 amide bonds. The van der Waals surface area contributed by atoms with Gasteiger partial charge in [-0.15, -0.1) is 23.5 Å². The van der Waals surface area contributed by atoms with Crippen molar-refractivity contribution < 1.29 is 14.7 Å². The van der Waals surface area contributed by atoms with Crippen molar-refractivity contribution >= 4 is 35.3 Å². The highest BCUT2D eigenvalue weighted by Crippen LogP contribution is 2.29. The predicted octanol–water partition coefficient (Wildman–Crippen LogP) is 1.60. The fraction of sp³-hybridized carbons (Fsp3) is 0.857. The molecule has 0 aliphatic heterocycles. The van der Waals surface area contributed by atoms with E-state index in [-0.39, 0.29) is 29.0 Å². The van der Waals surface area contributed by atoms with Gasteiger partial charge in [-0.05, 0) is 24.3 Å². The number of aliphatic hydroxyl groups excluding tert-OH is 1. The van der Waals surface area contributed by atoms with Crippen molar-refractivity contribution in [3.63, 3.8) is 0 Å². The van der Waals surface area contributed by atoms with Crippen molar-refractivity contribution in [3.8, 4) is 0 Å². The molecule has 0 aromatic carbocycles. The van der Waals surface area contributed by atoms with Crippen molar-refractivity contribution in [2.75, 3.05) is 18.1 Å². The third-order valence-corrected chi connectivity index (χ3v) is 5.57. The maximum atomic E-state index is 11.4. The van der Waals surface area contributed by atoms with Crippen LogP contribution in [0.15, 0.2) is 0 Å². The van der Waals surface area contributed by atoms with E-state index in [1.165, 1.54) is 13.8 Å². The summed E-state index contributed by atoms with van der Waals surface area (Å²) in [6, 6.07) is 0.0318. The molecule has 0 aromatic rings. The molecule has 21 heavy (non-hydrogen) atoms. The molecule has 0 saturated carbocycles. The highest BCUT2D eigenvalue weighted by atomic mass is 32.2. The predicted molar refractivity (Wildman–Crippen MR) is 91.6 cm³/mol. The Morgan fingerprint density at radius 1 is 1.05 bits per heavy atom. The lowest BCUT2D eigenvalue weighted by atomic mass is 10.1.